The molecule has 0 amide bonds. The van der Waals surface area contributed by atoms with Crippen molar-refractivity contribution in [3.8, 4) is 0 Å². The Morgan fingerprint density at radius 3 is 2.40 bits per heavy atom. The van der Waals surface area contributed by atoms with E-state index in [1.165, 1.54) is 16.8 Å². The Balaban J connectivity index is 1.93. The van der Waals surface area contributed by atoms with E-state index in [1.54, 1.807) is 6.33 Å². The van der Waals surface area contributed by atoms with Gasteiger partial charge in [0.05, 0.1) is 6.33 Å². The van der Waals surface area contributed by atoms with E-state index in [2.05, 4.69) is 41.2 Å². The molecule has 0 atom stereocenters. The van der Waals surface area contributed by atoms with Crippen LogP contribution in [-0.4, -0.2) is 9.97 Å². The minimum atomic E-state index is 1.03. The fraction of sp³-hybridized carbons (Fsp3) is 0.308. The van der Waals surface area contributed by atoms with Crippen LogP contribution >= 0.6 is 0 Å². The third-order valence-corrected chi connectivity index (χ3v) is 2.67. The molecule has 0 spiro atoms. The average Bonchev–Trinajstić information content (AvgIpc) is 2.80. The van der Waals surface area contributed by atoms with Crippen molar-refractivity contribution in [2.45, 2.75) is 26.2 Å². The summed E-state index contributed by atoms with van der Waals surface area (Å²) >= 11 is 0. The van der Waals surface area contributed by atoms with Gasteiger partial charge in [0.25, 0.3) is 0 Å². The number of nitrogens with zero attached hydrogens (tertiary/aromatic N) is 1. The van der Waals surface area contributed by atoms with Crippen molar-refractivity contribution in [1.82, 2.24) is 9.97 Å². The lowest BCUT2D eigenvalue weighted by Crippen LogP contribution is -1.91. The molecular formula is C13H16N2. The Bertz CT molecular complexity index is 387. The van der Waals surface area contributed by atoms with Crippen molar-refractivity contribution >= 4 is 0 Å². The van der Waals surface area contributed by atoms with Crippen LogP contribution in [-0.2, 0) is 19.3 Å². The Kier molecular flexibility index (Phi) is 3.18. The van der Waals surface area contributed by atoms with E-state index < -0.39 is 0 Å². The second-order valence-corrected chi connectivity index (χ2v) is 3.75. The summed E-state index contributed by atoms with van der Waals surface area (Å²) in [6, 6.07) is 8.86. The quantitative estimate of drug-likeness (QED) is 0.807. The fourth-order valence-corrected chi connectivity index (χ4v) is 1.64. The van der Waals surface area contributed by atoms with Crippen molar-refractivity contribution < 1.29 is 0 Å². The highest BCUT2D eigenvalue weighted by Gasteiger charge is 1.96. The van der Waals surface area contributed by atoms with Gasteiger partial charge in [0.2, 0.25) is 0 Å². The minimum absolute atomic E-state index is 1.03. The van der Waals surface area contributed by atoms with Gasteiger partial charge in [-0.2, -0.15) is 0 Å². The Hall–Kier alpha value is -1.57. The summed E-state index contributed by atoms with van der Waals surface area (Å²) in [6.07, 6.45) is 6.84. The van der Waals surface area contributed by atoms with Crippen molar-refractivity contribution in [3.05, 3.63) is 53.6 Å². The molecule has 0 saturated carbocycles. The molecule has 0 fully saturated rings. The van der Waals surface area contributed by atoms with E-state index in [4.69, 9.17) is 0 Å². The van der Waals surface area contributed by atoms with Crippen molar-refractivity contribution in [2.24, 2.45) is 0 Å². The molecule has 0 radical (unpaired) electrons. The number of aryl methyl sites for hydroxylation is 3. The molecular weight excluding hydrogens is 184 g/mol. The lowest BCUT2D eigenvalue weighted by Gasteiger charge is -2.01. The van der Waals surface area contributed by atoms with Crippen LogP contribution in [0, 0.1) is 0 Å². The summed E-state index contributed by atoms with van der Waals surface area (Å²) in [5.74, 6) is 0. The van der Waals surface area contributed by atoms with Crippen LogP contribution in [0.25, 0.3) is 0 Å². The molecule has 1 aromatic carbocycles. The fourth-order valence-electron chi connectivity index (χ4n) is 1.64. The number of hydrogen-bond acceptors (Lipinski definition) is 1. The largest absolute Gasteiger partial charge is 0.348 e. The lowest BCUT2D eigenvalue weighted by atomic mass is 10.1. The van der Waals surface area contributed by atoms with E-state index in [1.807, 2.05) is 6.20 Å². The van der Waals surface area contributed by atoms with E-state index in [0.717, 1.165) is 19.3 Å². The van der Waals surface area contributed by atoms with E-state index in [0.29, 0.717) is 0 Å². The first-order valence-corrected chi connectivity index (χ1v) is 5.43. The summed E-state index contributed by atoms with van der Waals surface area (Å²) in [4.78, 5) is 7.13. The van der Waals surface area contributed by atoms with E-state index in [9.17, 15) is 0 Å². The number of H-pyrrole nitrogens is 1. The van der Waals surface area contributed by atoms with Crippen LogP contribution in [0.15, 0.2) is 36.8 Å². The summed E-state index contributed by atoms with van der Waals surface area (Å²) in [6.45, 7) is 2.18. The van der Waals surface area contributed by atoms with Gasteiger partial charge >= 0.3 is 0 Å². The van der Waals surface area contributed by atoms with Crippen LogP contribution in [0.3, 0.4) is 0 Å². The second kappa shape index (κ2) is 4.78. The summed E-state index contributed by atoms with van der Waals surface area (Å²) in [7, 11) is 0. The van der Waals surface area contributed by atoms with Crippen LogP contribution in [0.1, 0.15) is 23.7 Å². The van der Waals surface area contributed by atoms with Crippen LogP contribution < -0.4 is 0 Å². The molecule has 0 saturated heterocycles. The maximum Gasteiger partial charge on any atom is 0.0921 e. The topological polar surface area (TPSA) is 28.7 Å². The molecule has 1 aromatic heterocycles. The zero-order valence-electron chi connectivity index (χ0n) is 9.03. The van der Waals surface area contributed by atoms with Crippen molar-refractivity contribution in [1.29, 1.82) is 0 Å². The molecule has 15 heavy (non-hydrogen) atoms. The van der Waals surface area contributed by atoms with Crippen molar-refractivity contribution in [3.63, 3.8) is 0 Å². The van der Waals surface area contributed by atoms with Gasteiger partial charge in [-0.1, -0.05) is 31.2 Å². The second-order valence-electron chi connectivity index (χ2n) is 3.75. The Morgan fingerprint density at radius 2 is 1.80 bits per heavy atom. The summed E-state index contributed by atoms with van der Waals surface area (Å²) < 4.78 is 0. The molecule has 2 aromatic rings. The number of aromatic nitrogens is 2. The number of nitrogens with one attached hydrogen (secondary N) is 1. The van der Waals surface area contributed by atoms with Crippen LogP contribution in [0.5, 0.6) is 0 Å². The van der Waals surface area contributed by atoms with Gasteiger partial charge in [-0.25, -0.2) is 4.98 Å². The minimum Gasteiger partial charge on any atom is -0.348 e. The molecule has 2 nitrogen and oxygen atoms in total. The maximum atomic E-state index is 4.01. The normalized spacial score (nSPS) is 10.5. The van der Waals surface area contributed by atoms with Gasteiger partial charge in [0.1, 0.15) is 0 Å². The average molecular weight is 200 g/mol. The predicted octanol–water partition coefficient (Wildman–Crippen LogP) is 2.76. The molecule has 0 aliphatic heterocycles. The zero-order chi connectivity index (χ0) is 10.5. The van der Waals surface area contributed by atoms with Gasteiger partial charge in [0, 0.05) is 11.9 Å². The lowest BCUT2D eigenvalue weighted by molar-refractivity contribution is 0.923. The van der Waals surface area contributed by atoms with Gasteiger partial charge in [-0.15, -0.1) is 0 Å². The molecule has 0 aliphatic rings. The van der Waals surface area contributed by atoms with E-state index in [-0.39, 0.29) is 0 Å². The van der Waals surface area contributed by atoms with Crippen molar-refractivity contribution in [2.75, 3.05) is 0 Å². The number of imidazole rings is 1. The highest BCUT2D eigenvalue weighted by Crippen LogP contribution is 2.07. The number of rotatable bonds is 4. The molecule has 78 valence electrons. The van der Waals surface area contributed by atoms with Gasteiger partial charge in [0.15, 0.2) is 0 Å². The highest BCUT2D eigenvalue weighted by molar-refractivity contribution is 5.23. The standard InChI is InChI=1S/C13H16N2/c1-2-11-3-5-12(6-4-11)7-8-13-9-14-10-15-13/h3-6,9-10H,2,7-8H2,1H3,(H,14,15). The highest BCUT2D eigenvalue weighted by atomic mass is 14.9. The van der Waals surface area contributed by atoms with Crippen LogP contribution in [0.4, 0.5) is 0 Å². The smallest absolute Gasteiger partial charge is 0.0921 e. The van der Waals surface area contributed by atoms with Gasteiger partial charge in [-0.3, -0.25) is 0 Å². The summed E-state index contributed by atoms with van der Waals surface area (Å²) in [5.41, 5.74) is 4.00. The monoisotopic (exact) mass is 200 g/mol. The third kappa shape index (κ3) is 2.69. The molecule has 0 bridgehead atoms. The number of aromatic amines is 1. The van der Waals surface area contributed by atoms with Gasteiger partial charge < -0.3 is 4.98 Å². The molecule has 0 unspecified atom stereocenters. The Labute approximate surface area is 90.4 Å². The SMILES string of the molecule is CCc1ccc(CCc2cnc[nH]2)cc1. The number of hydrogen-bond donors (Lipinski definition) is 1. The zero-order valence-corrected chi connectivity index (χ0v) is 9.03. The molecule has 1 heterocycles. The first-order valence-electron chi connectivity index (χ1n) is 5.43. The Morgan fingerprint density at radius 1 is 1.07 bits per heavy atom. The molecule has 1 N–H and O–H groups in total. The van der Waals surface area contributed by atoms with Crippen LogP contribution in [0.2, 0.25) is 0 Å². The first kappa shape index (κ1) is 9.97. The van der Waals surface area contributed by atoms with Gasteiger partial charge in [-0.05, 0) is 30.4 Å². The molecule has 2 heteroatoms. The predicted molar refractivity (Wildman–Crippen MR) is 61.8 cm³/mol. The summed E-state index contributed by atoms with van der Waals surface area (Å²) in [5, 5.41) is 0. The molecule has 2 rings (SSSR count). The third-order valence-electron chi connectivity index (χ3n) is 2.67. The van der Waals surface area contributed by atoms with E-state index >= 15 is 0 Å². The first-order chi connectivity index (χ1) is 7.38. The number of benzene rings is 1. The maximum absolute atomic E-state index is 4.01. The molecule has 0 aliphatic carbocycles.